The van der Waals surface area contributed by atoms with Gasteiger partial charge in [0.25, 0.3) is 0 Å². The van der Waals surface area contributed by atoms with Crippen LogP contribution in [0.1, 0.15) is 77.6 Å². The van der Waals surface area contributed by atoms with E-state index < -0.39 is 24.4 Å². The van der Waals surface area contributed by atoms with E-state index in [2.05, 4.69) is 19.1 Å². The van der Waals surface area contributed by atoms with Crippen LogP contribution in [0.5, 0.6) is 0 Å². The van der Waals surface area contributed by atoms with Crippen molar-refractivity contribution in [1.29, 1.82) is 0 Å². The van der Waals surface area contributed by atoms with Crippen LogP contribution in [0.4, 0.5) is 0 Å². The van der Waals surface area contributed by atoms with Crippen LogP contribution < -0.4 is 0 Å². The van der Waals surface area contributed by atoms with Crippen LogP contribution in [-0.2, 0) is 9.47 Å². The fraction of sp³-hybridized carbons (Fsp3) is 0.905. The van der Waals surface area contributed by atoms with Gasteiger partial charge in [0.05, 0.1) is 13.2 Å². The SMILES string of the molecule is CCCCC/C=C/CCCCCCCCOC[C@@H](O)[C@H]1OC[C@H](O)[C@H]1O. The van der Waals surface area contributed by atoms with Gasteiger partial charge in [-0.25, -0.2) is 0 Å². The van der Waals surface area contributed by atoms with Gasteiger partial charge in [0, 0.05) is 6.61 Å². The molecule has 0 bridgehead atoms. The van der Waals surface area contributed by atoms with Gasteiger partial charge in [0.1, 0.15) is 24.4 Å². The average molecular weight is 373 g/mol. The minimum atomic E-state index is -1.03. The standard InChI is InChI=1S/C21H40O5/c1-2-3-4-5-6-7-8-9-10-11-12-13-14-15-25-16-19(23)21-20(24)18(22)17-26-21/h6-7,18-24H,2-5,8-17H2,1H3/b7-6+/t18-,19+,20+,21+/m0/s1. The van der Waals surface area contributed by atoms with E-state index in [-0.39, 0.29) is 13.2 Å². The number of ether oxygens (including phenoxy) is 2. The molecule has 0 aromatic rings. The number of rotatable bonds is 16. The molecule has 26 heavy (non-hydrogen) atoms. The molecule has 1 aliphatic rings. The minimum Gasteiger partial charge on any atom is -0.388 e. The minimum absolute atomic E-state index is 0.0670. The van der Waals surface area contributed by atoms with Crippen molar-refractivity contribution in [3.8, 4) is 0 Å². The molecule has 0 aliphatic carbocycles. The Balaban J connectivity index is 1.82. The van der Waals surface area contributed by atoms with Crippen LogP contribution in [-0.4, -0.2) is 59.6 Å². The molecule has 0 unspecified atom stereocenters. The predicted octanol–water partition coefficient (Wildman–Crippen LogP) is 3.35. The lowest BCUT2D eigenvalue weighted by Gasteiger charge is -2.20. The molecule has 0 amide bonds. The monoisotopic (exact) mass is 372 g/mol. The molecule has 5 nitrogen and oxygen atoms in total. The van der Waals surface area contributed by atoms with E-state index in [4.69, 9.17) is 9.47 Å². The summed E-state index contributed by atoms with van der Waals surface area (Å²) < 4.78 is 10.6. The summed E-state index contributed by atoms with van der Waals surface area (Å²) >= 11 is 0. The molecular formula is C21H40O5. The highest BCUT2D eigenvalue weighted by Gasteiger charge is 2.39. The summed E-state index contributed by atoms with van der Waals surface area (Å²) in [4.78, 5) is 0. The Morgan fingerprint density at radius 1 is 0.962 bits per heavy atom. The fourth-order valence-electron chi connectivity index (χ4n) is 3.18. The first kappa shape index (κ1) is 23.6. The maximum atomic E-state index is 9.91. The van der Waals surface area contributed by atoms with E-state index in [1.54, 1.807) is 0 Å². The van der Waals surface area contributed by atoms with Crippen molar-refractivity contribution in [3.63, 3.8) is 0 Å². The maximum absolute atomic E-state index is 9.91. The van der Waals surface area contributed by atoms with Gasteiger partial charge in [-0.1, -0.05) is 57.6 Å². The van der Waals surface area contributed by atoms with Crippen molar-refractivity contribution in [2.75, 3.05) is 19.8 Å². The smallest absolute Gasteiger partial charge is 0.114 e. The Morgan fingerprint density at radius 2 is 1.58 bits per heavy atom. The Labute approximate surface area is 159 Å². The van der Waals surface area contributed by atoms with Crippen LogP contribution in [0.2, 0.25) is 0 Å². The van der Waals surface area contributed by atoms with Gasteiger partial charge < -0.3 is 24.8 Å². The molecule has 0 aromatic heterocycles. The second kappa shape index (κ2) is 15.6. The second-order valence-corrected chi connectivity index (χ2v) is 7.38. The van der Waals surface area contributed by atoms with Gasteiger partial charge in [0.15, 0.2) is 0 Å². The molecule has 0 saturated carbocycles. The highest BCUT2D eigenvalue weighted by atomic mass is 16.5. The first-order valence-corrected chi connectivity index (χ1v) is 10.5. The van der Waals surface area contributed by atoms with Gasteiger partial charge in [-0.3, -0.25) is 0 Å². The molecule has 1 heterocycles. The van der Waals surface area contributed by atoms with Crippen LogP contribution in [0.3, 0.4) is 0 Å². The number of unbranched alkanes of at least 4 members (excludes halogenated alkanes) is 9. The summed E-state index contributed by atoms with van der Waals surface area (Å²) in [6.45, 7) is 3.06. The summed E-state index contributed by atoms with van der Waals surface area (Å²) in [6.07, 6.45) is 14.7. The summed E-state index contributed by atoms with van der Waals surface area (Å²) in [6, 6.07) is 0. The van der Waals surface area contributed by atoms with Gasteiger partial charge in [-0.2, -0.15) is 0 Å². The van der Waals surface area contributed by atoms with Crippen molar-refractivity contribution in [1.82, 2.24) is 0 Å². The van der Waals surface area contributed by atoms with Crippen LogP contribution in [0.25, 0.3) is 0 Å². The molecule has 1 fully saturated rings. The lowest BCUT2D eigenvalue weighted by molar-refractivity contribution is -0.0813. The molecule has 0 radical (unpaired) electrons. The molecular weight excluding hydrogens is 332 g/mol. The van der Waals surface area contributed by atoms with Crippen molar-refractivity contribution >= 4 is 0 Å². The molecule has 1 rings (SSSR count). The number of hydrogen-bond donors (Lipinski definition) is 3. The van der Waals surface area contributed by atoms with Crippen LogP contribution in [0.15, 0.2) is 12.2 Å². The summed E-state index contributed by atoms with van der Waals surface area (Å²) in [5.74, 6) is 0. The molecule has 1 aliphatic heterocycles. The van der Waals surface area contributed by atoms with Crippen LogP contribution >= 0.6 is 0 Å². The lowest BCUT2D eigenvalue weighted by atomic mass is 10.1. The van der Waals surface area contributed by atoms with E-state index >= 15 is 0 Å². The molecule has 154 valence electrons. The van der Waals surface area contributed by atoms with E-state index in [1.165, 1.54) is 57.8 Å². The largest absolute Gasteiger partial charge is 0.388 e. The van der Waals surface area contributed by atoms with E-state index in [0.29, 0.717) is 6.61 Å². The van der Waals surface area contributed by atoms with Crippen molar-refractivity contribution in [2.24, 2.45) is 0 Å². The van der Waals surface area contributed by atoms with Gasteiger partial charge in [-0.05, 0) is 32.1 Å². The molecule has 1 saturated heterocycles. The van der Waals surface area contributed by atoms with E-state index in [1.807, 2.05) is 0 Å². The zero-order valence-corrected chi connectivity index (χ0v) is 16.5. The maximum Gasteiger partial charge on any atom is 0.114 e. The Bertz CT molecular complexity index is 347. The van der Waals surface area contributed by atoms with E-state index in [0.717, 1.165) is 12.8 Å². The van der Waals surface area contributed by atoms with Gasteiger partial charge in [0.2, 0.25) is 0 Å². The van der Waals surface area contributed by atoms with E-state index in [9.17, 15) is 15.3 Å². The fourth-order valence-corrected chi connectivity index (χ4v) is 3.18. The zero-order valence-electron chi connectivity index (χ0n) is 16.5. The molecule has 0 aromatic carbocycles. The molecule has 0 spiro atoms. The third-order valence-electron chi connectivity index (χ3n) is 4.91. The third kappa shape index (κ3) is 10.6. The predicted molar refractivity (Wildman–Crippen MR) is 104 cm³/mol. The molecule has 5 heteroatoms. The van der Waals surface area contributed by atoms with Gasteiger partial charge >= 0.3 is 0 Å². The Hall–Kier alpha value is -0.460. The number of aliphatic hydroxyl groups is 3. The molecule has 3 N–H and O–H groups in total. The molecule has 4 atom stereocenters. The Morgan fingerprint density at radius 3 is 2.19 bits per heavy atom. The first-order valence-electron chi connectivity index (χ1n) is 10.5. The van der Waals surface area contributed by atoms with Crippen molar-refractivity contribution in [2.45, 2.75) is 102 Å². The van der Waals surface area contributed by atoms with Gasteiger partial charge in [-0.15, -0.1) is 0 Å². The number of hydrogen-bond acceptors (Lipinski definition) is 5. The average Bonchev–Trinajstić information content (AvgIpc) is 2.97. The first-order chi connectivity index (χ1) is 12.7. The lowest BCUT2D eigenvalue weighted by Crippen LogP contribution is -2.40. The highest BCUT2D eigenvalue weighted by molar-refractivity contribution is 4.87. The van der Waals surface area contributed by atoms with Crippen molar-refractivity contribution in [3.05, 3.63) is 12.2 Å². The number of aliphatic hydroxyl groups excluding tert-OH is 3. The Kier molecular flexibility index (Phi) is 14.1. The van der Waals surface area contributed by atoms with Crippen LogP contribution in [0, 0.1) is 0 Å². The zero-order chi connectivity index (χ0) is 19.0. The summed E-state index contributed by atoms with van der Waals surface area (Å²) in [5, 5.41) is 29.0. The second-order valence-electron chi connectivity index (χ2n) is 7.38. The van der Waals surface area contributed by atoms with Crippen molar-refractivity contribution < 1.29 is 24.8 Å². The summed E-state index contributed by atoms with van der Waals surface area (Å²) in [7, 11) is 0. The topological polar surface area (TPSA) is 79.2 Å². The normalized spacial score (nSPS) is 24.5. The quantitative estimate of drug-likeness (QED) is 0.286. The highest BCUT2D eigenvalue weighted by Crippen LogP contribution is 2.18. The summed E-state index contributed by atoms with van der Waals surface area (Å²) in [5.41, 5.74) is 0. The third-order valence-corrected chi connectivity index (χ3v) is 4.91. The number of allylic oxidation sites excluding steroid dienone is 2.